The molecule has 1 aromatic heterocycles. The number of nitrogens with one attached hydrogen (secondary N) is 1. The molecule has 2 heterocycles. The van der Waals surface area contributed by atoms with Crippen LogP contribution in [0.4, 0.5) is 11.6 Å². The first-order chi connectivity index (χ1) is 14.1. The maximum atomic E-state index is 13.1. The van der Waals surface area contributed by atoms with Gasteiger partial charge in [0.05, 0.1) is 0 Å². The van der Waals surface area contributed by atoms with Crippen LogP contribution in [-0.4, -0.2) is 33.6 Å². The van der Waals surface area contributed by atoms with E-state index in [0.717, 1.165) is 11.3 Å². The molecule has 1 N–H and O–H groups in total. The molecule has 0 fully saturated rings. The number of aromatic nitrogens is 2. The Balaban J connectivity index is 1.52. The van der Waals surface area contributed by atoms with E-state index in [4.69, 9.17) is 9.47 Å². The summed E-state index contributed by atoms with van der Waals surface area (Å²) in [5.41, 5.74) is 2.17. The second-order valence-corrected chi connectivity index (χ2v) is 6.97. The topological polar surface area (TPSA) is 76.6 Å². The summed E-state index contributed by atoms with van der Waals surface area (Å²) in [5.74, 6) is 1.57. The molecule has 2 aromatic carbocycles. The molecule has 0 saturated carbocycles. The highest BCUT2D eigenvalue weighted by atomic mass is 16.7. The number of rotatable bonds is 6. The summed E-state index contributed by atoms with van der Waals surface area (Å²) in [7, 11) is 0. The van der Waals surface area contributed by atoms with Crippen molar-refractivity contribution in [2.45, 2.75) is 26.4 Å². The zero-order chi connectivity index (χ0) is 20.2. The molecule has 0 aliphatic carbocycles. The monoisotopic (exact) mass is 390 g/mol. The highest BCUT2D eigenvalue weighted by Gasteiger charge is 2.21. The number of anilines is 2. The third-order valence-electron chi connectivity index (χ3n) is 4.58. The zero-order valence-corrected chi connectivity index (χ0v) is 16.3. The summed E-state index contributed by atoms with van der Waals surface area (Å²) in [6.45, 7) is 4.72. The molecule has 0 unspecified atom stereocenters. The van der Waals surface area contributed by atoms with E-state index in [1.54, 1.807) is 17.2 Å². The van der Waals surface area contributed by atoms with Gasteiger partial charge in [0.15, 0.2) is 11.5 Å². The number of amides is 1. The lowest BCUT2D eigenvalue weighted by Gasteiger charge is -2.26. The lowest BCUT2D eigenvalue weighted by atomic mass is 10.1. The summed E-state index contributed by atoms with van der Waals surface area (Å²) in [4.78, 5) is 23.6. The normalized spacial score (nSPS) is 12.1. The summed E-state index contributed by atoms with van der Waals surface area (Å²) in [5, 5.41) is 3.12. The van der Waals surface area contributed by atoms with Crippen molar-refractivity contribution in [3.8, 4) is 11.5 Å². The van der Waals surface area contributed by atoms with Crippen molar-refractivity contribution in [1.29, 1.82) is 0 Å². The van der Waals surface area contributed by atoms with E-state index in [1.807, 2.05) is 62.4 Å². The van der Waals surface area contributed by atoms with Crippen molar-refractivity contribution in [3.63, 3.8) is 0 Å². The van der Waals surface area contributed by atoms with Gasteiger partial charge < -0.3 is 19.7 Å². The van der Waals surface area contributed by atoms with Crippen LogP contribution in [-0.2, 0) is 6.54 Å². The lowest BCUT2D eigenvalue weighted by Crippen LogP contribution is -2.37. The van der Waals surface area contributed by atoms with Crippen molar-refractivity contribution < 1.29 is 14.3 Å². The van der Waals surface area contributed by atoms with E-state index < -0.39 is 0 Å². The van der Waals surface area contributed by atoms with Gasteiger partial charge in [-0.2, -0.15) is 0 Å². The predicted octanol–water partition coefficient (Wildman–Crippen LogP) is 4.00. The first kappa shape index (κ1) is 18.7. The number of benzene rings is 2. The molecule has 3 aromatic rings. The predicted molar refractivity (Wildman–Crippen MR) is 109 cm³/mol. The quantitative estimate of drug-likeness (QED) is 0.686. The van der Waals surface area contributed by atoms with E-state index in [2.05, 4.69) is 15.3 Å². The number of hydrogen-bond donors (Lipinski definition) is 1. The number of ether oxygens (including phenoxy) is 2. The maximum Gasteiger partial charge on any atom is 0.273 e. The molecular formula is C22H22N4O3. The van der Waals surface area contributed by atoms with Gasteiger partial charge in [-0.3, -0.25) is 4.79 Å². The van der Waals surface area contributed by atoms with Crippen molar-refractivity contribution in [2.24, 2.45) is 0 Å². The highest BCUT2D eigenvalue weighted by molar-refractivity contribution is 5.92. The van der Waals surface area contributed by atoms with Crippen molar-refractivity contribution in [2.75, 3.05) is 12.1 Å². The molecule has 29 heavy (non-hydrogen) atoms. The molecule has 7 heteroatoms. The summed E-state index contributed by atoms with van der Waals surface area (Å²) in [6.07, 6.45) is 1.58. The fourth-order valence-corrected chi connectivity index (χ4v) is 3.06. The van der Waals surface area contributed by atoms with Gasteiger partial charge in [-0.1, -0.05) is 30.3 Å². The molecule has 7 nitrogen and oxygen atoms in total. The Labute approximate surface area is 169 Å². The Kier molecular flexibility index (Phi) is 5.29. The molecule has 148 valence electrons. The van der Waals surface area contributed by atoms with E-state index in [9.17, 15) is 4.79 Å². The average Bonchev–Trinajstić information content (AvgIpc) is 3.20. The third kappa shape index (κ3) is 4.29. The van der Waals surface area contributed by atoms with E-state index in [-0.39, 0.29) is 18.7 Å². The molecule has 4 rings (SSSR count). The minimum atomic E-state index is -0.139. The number of hydrogen-bond acceptors (Lipinski definition) is 6. The van der Waals surface area contributed by atoms with Crippen molar-refractivity contribution in [1.82, 2.24) is 14.9 Å². The first-order valence-electron chi connectivity index (χ1n) is 9.45. The van der Waals surface area contributed by atoms with E-state index in [0.29, 0.717) is 29.7 Å². The van der Waals surface area contributed by atoms with Crippen LogP contribution in [0.1, 0.15) is 29.9 Å². The molecule has 0 saturated heterocycles. The molecule has 0 bridgehead atoms. The highest BCUT2D eigenvalue weighted by Crippen LogP contribution is 2.34. The van der Waals surface area contributed by atoms with Gasteiger partial charge >= 0.3 is 0 Å². The van der Waals surface area contributed by atoms with E-state index in [1.165, 1.54) is 0 Å². The molecule has 0 atom stereocenters. The number of fused-ring (bicyclic) bond motifs is 1. The second kappa shape index (κ2) is 8.18. The Hall–Kier alpha value is -3.61. The second-order valence-electron chi connectivity index (χ2n) is 6.97. The zero-order valence-electron chi connectivity index (χ0n) is 16.3. The molecular weight excluding hydrogens is 368 g/mol. The maximum absolute atomic E-state index is 13.1. The molecule has 1 aliphatic rings. The minimum Gasteiger partial charge on any atom is -0.454 e. The van der Waals surface area contributed by atoms with Gasteiger partial charge in [0, 0.05) is 30.5 Å². The Morgan fingerprint density at radius 3 is 2.69 bits per heavy atom. The van der Waals surface area contributed by atoms with Crippen LogP contribution >= 0.6 is 0 Å². The van der Waals surface area contributed by atoms with Crippen LogP contribution < -0.4 is 14.8 Å². The fourth-order valence-electron chi connectivity index (χ4n) is 3.06. The molecule has 1 amide bonds. The molecule has 0 radical (unpaired) electrons. The fraction of sp³-hybridized carbons (Fsp3) is 0.227. The van der Waals surface area contributed by atoms with Crippen LogP contribution in [0.15, 0.2) is 60.8 Å². The van der Waals surface area contributed by atoms with Crippen LogP contribution in [0.3, 0.4) is 0 Å². The largest absolute Gasteiger partial charge is 0.454 e. The first-order valence-corrected chi connectivity index (χ1v) is 9.45. The Morgan fingerprint density at radius 1 is 1.10 bits per heavy atom. The van der Waals surface area contributed by atoms with Crippen molar-refractivity contribution in [3.05, 3.63) is 72.1 Å². The van der Waals surface area contributed by atoms with Crippen molar-refractivity contribution >= 4 is 17.5 Å². The molecule has 1 aliphatic heterocycles. The van der Waals surface area contributed by atoms with E-state index >= 15 is 0 Å². The standard InChI is InChI=1S/C22H22N4O3/c1-15(2)26(13-16-6-4-3-5-7-16)21(27)18-10-11-23-22(25-18)24-17-8-9-19-20(12-17)29-14-28-19/h3-12,15H,13-14H2,1-2H3,(H,23,24,25). The van der Waals surface area contributed by atoms with Gasteiger partial charge in [-0.05, 0) is 37.6 Å². The average molecular weight is 390 g/mol. The van der Waals surface area contributed by atoms with Gasteiger partial charge in [0.25, 0.3) is 5.91 Å². The number of carbonyl (C=O) groups excluding carboxylic acids is 1. The summed E-state index contributed by atoms with van der Waals surface area (Å²) >= 11 is 0. The lowest BCUT2D eigenvalue weighted by molar-refractivity contribution is 0.0684. The van der Waals surface area contributed by atoms with Gasteiger partial charge in [-0.25, -0.2) is 9.97 Å². The third-order valence-corrected chi connectivity index (χ3v) is 4.58. The number of nitrogens with zero attached hydrogens (tertiary/aromatic N) is 3. The van der Waals surface area contributed by atoms with Crippen LogP contribution in [0.25, 0.3) is 0 Å². The minimum absolute atomic E-state index is 0.0305. The molecule has 0 spiro atoms. The van der Waals surface area contributed by atoms with Crippen LogP contribution in [0.2, 0.25) is 0 Å². The SMILES string of the molecule is CC(C)N(Cc1ccccc1)C(=O)c1ccnc(Nc2ccc3c(c2)OCO3)n1. The summed E-state index contributed by atoms with van der Waals surface area (Å²) in [6, 6.07) is 17.1. The Morgan fingerprint density at radius 2 is 1.90 bits per heavy atom. The van der Waals surface area contributed by atoms with Crippen LogP contribution in [0, 0.1) is 0 Å². The van der Waals surface area contributed by atoms with Gasteiger partial charge in [0.1, 0.15) is 5.69 Å². The smallest absolute Gasteiger partial charge is 0.273 e. The van der Waals surface area contributed by atoms with Gasteiger partial charge in [0.2, 0.25) is 12.7 Å². The van der Waals surface area contributed by atoms with Crippen LogP contribution in [0.5, 0.6) is 11.5 Å². The summed E-state index contributed by atoms with van der Waals surface area (Å²) < 4.78 is 10.7. The Bertz CT molecular complexity index is 1010. The van der Waals surface area contributed by atoms with Gasteiger partial charge in [-0.15, -0.1) is 0 Å². The number of carbonyl (C=O) groups is 1.